The number of urea groups is 1. The van der Waals surface area contributed by atoms with Crippen LogP contribution in [0.1, 0.15) is 42.6 Å². The Labute approximate surface area is 152 Å². The van der Waals surface area contributed by atoms with Crippen LogP contribution in [0.3, 0.4) is 0 Å². The first-order valence-corrected chi connectivity index (χ1v) is 8.80. The molecule has 4 amide bonds. The number of nitriles is 1. The quantitative estimate of drug-likeness (QED) is 0.837. The fraction of sp³-hybridized carbons (Fsp3) is 0.474. The van der Waals surface area contributed by atoms with Gasteiger partial charge in [0.15, 0.2) is 0 Å². The van der Waals surface area contributed by atoms with Gasteiger partial charge in [-0.25, -0.2) is 4.79 Å². The predicted octanol–water partition coefficient (Wildman–Crippen LogP) is 1.74. The summed E-state index contributed by atoms with van der Waals surface area (Å²) in [5, 5.41) is 11.4. The second-order valence-corrected chi connectivity index (χ2v) is 7.28. The van der Waals surface area contributed by atoms with E-state index in [0.29, 0.717) is 43.6 Å². The summed E-state index contributed by atoms with van der Waals surface area (Å²) in [5.74, 6) is -0.171. The summed E-state index contributed by atoms with van der Waals surface area (Å²) in [6.45, 7) is 5.31. The fourth-order valence-electron chi connectivity index (χ4n) is 3.70. The molecule has 7 nitrogen and oxygen atoms in total. The first-order valence-electron chi connectivity index (χ1n) is 8.80. The Morgan fingerprint density at radius 3 is 2.62 bits per heavy atom. The van der Waals surface area contributed by atoms with Gasteiger partial charge in [0.25, 0.3) is 11.8 Å². The molecule has 0 aromatic heterocycles. The van der Waals surface area contributed by atoms with Crippen molar-refractivity contribution in [3.63, 3.8) is 0 Å². The van der Waals surface area contributed by atoms with E-state index in [2.05, 4.69) is 5.32 Å². The van der Waals surface area contributed by atoms with Crippen LogP contribution in [0.25, 0.3) is 0 Å². The minimum absolute atomic E-state index is 0.155. The second-order valence-electron chi connectivity index (χ2n) is 7.28. The monoisotopic (exact) mass is 354 g/mol. The third-order valence-corrected chi connectivity index (χ3v) is 5.07. The summed E-state index contributed by atoms with van der Waals surface area (Å²) in [7, 11) is 0. The van der Waals surface area contributed by atoms with Gasteiger partial charge in [-0.2, -0.15) is 5.26 Å². The maximum absolute atomic E-state index is 12.7. The predicted molar refractivity (Wildman–Crippen MR) is 94.1 cm³/mol. The Morgan fingerprint density at radius 2 is 2.00 bits per heavy atom. The van der Waals surface area contributed by atoms with Crippen LogP contribution < -0.4 is 5.32 Å². The topological polar surface area (TPSA) is 93.5 Å². The molecule has 2 saturated heterocycles. The van der Waals surface area contributed by atoms with Gasteiger partial charge in [-0.3, -0.25) is 14.9 Å². The highest BCUT2D eigenvalue weighted by Crippen LogP contribution is 2.34. The number of benzene rings is 1. The Morgan fingerprint density at radius 1 is 1.31 bits per heavy atom. The van der Waals surface area contributed by atoms with Crippen molar-refractivity contribution in [2.24, 2.45) is 5.92 Å². The Balaban J connectivity index is 1.75. The number of carbonyl (C=O) groups is 3. The normalized spacial score (nSPS) is 19.0. The molecule has 1 N–H and O–H groups in total. The van der Waals surface area contributed by atoms with E-state index in [1.807, 2.05) is 19.9 Å². The molecule has 2 aliphatic heterocycles. The van der Waals surface area contributed by atoms with E-state index in [1.165, 1.54) is 0 Å². The molecule has 0 atom stereocenters. The number of hydrogen-bond donors (Lipinski definition) is 1. The first-order chi connectivity index (χ1) is 12.4. The molecular weight excluding hydrogens is 332 g/mol. The number of likely N-dealkylation sites (tertiary alicyclic amines) is 1. The number of nitrogens with zero attached hydrogens (tertiary/aromatic N) is 3. The van der Waals surface area contributed by atoms with Crippen molar-refractivity contribution >= 4 is 17.8 Å². The van der Waals surface area contributed by atoms with Gasteiger partial charge in [0.05, 0.1) is 11.6 Å². The van der Waals surface area contributed by atoms with E-state index in [0.717, 1.165) is 0 Å². The Hall–Kier alpha value is -2.88. The Bertz CT molecular complexity index is 788. The number of nitrogens with one attached hydrogen (secondary N) is 1. The molecule has 3 rings (SSSR count). The molecule has 1 aromatic carbocycles. The minimum atomic E-state index is -0.855. The maximum atomic E-state index is 12.7. The standard InChI is InChI=1S/C19H22N4O3/c1-13(2)12-23-18(26)21-17(25)19(23)6-8-22(9-7-19)16(24)15-5-3-4-14(10-15)11-20/h3-5,10,13H,6-9,12H2,1-2H3,(H,21,25,26). The molecule has 2 fully saturated rings. The average Bonchev–Trinajstić information content (AvgIpc) is 2.85. The highest BCUT2D eigenvalue weighted by atomic mass is 16.2. The van der Waals surface area contributed by atoms with Crippen LogP contribution >= 0.6 is 0 Å². The second kappa shape index (κ2) is 6.79. The van der Waals surface area contributed by atoms with Crippen LogP contribution in [0.15, 0.2) is 24.3 Å². The van der Waals surface area contributed by atoms with Crippen molar-refractivity contribution < 1.29 is 14.4 Å². The maximum Gasteiger partial charge on any atom is 0.325 e. The van der Waals surface area contributed by atoms with Gasteiger partial charge in [-0.05, 0) is 37.0 Å². The van der Waals surface area contributed by atoms with Crippen LogP contribution in [-0.4, -0.2) is 52.8 Å². The fourth-order valence-corrected chi connectivity index (χ4v) is 3.70. The highest BCUT2D eigenvalue weighted by molar-refractivity contribution is 6.07. The number of hydrogen-bond acceptors (Lipinski definition) is 4. The number of rotatable bonds is 3. The lowest BCUT2D eigenvalue weighted by Crippen LogP contribution is -2.58. The molecule has 0 saturated carbocycles. The number of imide groups is 1. The van der Waals surface area contributed by atoms with Crippen molar-refractivity contribution in [2.45, 2.75) is 32.2 Å². The molecule has 2 aliphatic rings. The van der Waals surface area contributed by atoms with E-state index < -0.39 is 5.54 Å². The van der Waals surface area contributed by atoms with Crippen LogP contribution in [0.2, 0.25) is 0 Å². The largest absolute Gasteiger partial charge is 0.338 e. The molecule has 1 spiro atoms. The molecule has 1 aromatic rings. The van der Waals surface area contributed by atoms with Gasteiger partial charge >= 0.3 is 6.03 Å². The Kier molecular flexibility index (Phi) is 4.68. The molecule has 0 unspecified atom stereocenters. The van der Waals surface area contributed by atoms with Gasteiger partial charge in [0, 0.05) is 25.2 Å². The van der Waals surface area contributed by atoms with E-state index in [4.69, 9.17) is 5.26 Å². The van der Waals surface area contributed by atoms with Crippen molar-refractivity contribution in [1.29, 1.82) is 5.26 Å². The SMILES string of the molecule is CC(C)CN1C(=O)NC(=O)C12CCN(C(=O)c1cccc(C#N)c1)CC2. The summed E-state index contributed by atoms with van der Waals surface area (Å²) in [6, 6.07) is 8.29. The zero-order valence-electron chi connectivity index (χ0n) is 15.0. The zero-order chi connectivity index (χ0) is 18.9. The van der Waals surface area contributed by atoms with Crippen molar-refractivity contribution in [2.75, 3.05) is 19.6 Å². The van der Waals surface area contributed by atoms with Gasteiger partial charge in [0.2, 0.25) is 0 Å². The van der Waals surface area contributed by atoms with Crippen molar-refractivity contribution in [1.82, 2.24) is 15.1 Å². The molecule has 0 radical (unpaired) electrons. The highest BCUT2D eigenvalue weighted by Gasteiger charge is 2.54. The molecule has 136 valence electrons. The molecule has 7 heteroatoms. The van der Waals surface area contributed by atoms with Gasteiger partial charge < -0.3 is 9.80 Å². The summed E-state index contributed by atoms with van der Waals surface area (Å²) in [5.41, 5.74) is 0.0475. The van der Waals surface area contributed by atoms with Gasteiger partial charge in [0.1, 0.15) is 5.54 Å². The minimum Gasteiger partial charge on any atom is -0.338 e. The third kappa shape index (κ3) is 3.03. The van der Waals surface area contributed by atoms with E-state index in [-0.39, 0.29) is 23.8 Å². The van der Waals surface area contributed by atoms with E-state index >= 15 is 0 Å². The van der Waals surface area contributed by atoms with Crippen LogP contribution in [0.4, 0.5) is 4.79 Å². The van der Waals surface area contributed by atoms with Crippen molar-refractivity contribution in [3.8, 4) is 6.07 Å². The third-order valence-electron chi connectivity index (χ3n) is 5.07. The van der Waals surface area contributed by atoms with E-state index in [9.17, 15) is 14.4 Å². The zero-order valence-corrected chi connectivity index (χ0v) is 15.0. The number of carbonyl (C=O) groups excluding carboxylic acids is 3. The summed E-state index contributed by atoms with van der Waals surface area (Å²) >= 11 is 0. The smallest absolute Gasteiger partial charge is 0.325 e. The van der Waals surface area contributed by atoms with Gasteiger partial charge in [-0.15, -0.1) is 0 Å². The summed E-state index contributed by atoms with van der Waals surface area (Å²) in [6.07, 6.45) is 0.835. The molecule has 2 heterocycles. The van der Waals surface area contributed by atoms with E-state index in [1.54, 1.807) is 34.1 Å². The summed E-state index contributed by atoms with van der Waals surface area (Å²) < 4.78 is 0. The molecule has 0 aliphatic carbocycles. The lowest BCUT2D eigenvalue weighted by Gasteiger charge is -2.42. The van der Waals surface area contributed by atoms with Crippen LogP contribution in [-0.2, 0) is 4.79 Å². The van der Waals surface area contributed by atoms with Crippen LogP contribution in [0, 0.1) is 17.2 Å². The molecule has 0 bridgehead atoms. The van der Waals surface area contributed by atoms with Gasteiger partial charge in [-0.1, -0.05) is 19.9 Å². The first kappa shape index (κ1) is 17.9. The average molecular weight is 354 g/mol. The lowest BCUT2D eigenvalue weighted by atomic mass is 9.85. The lowest BCUT2D eigenvalue weighted by molar-refractivity contribution is -0.129. The van der Waals surface area contributed by atoms with Crippen LogP contribution in [0.5, 0.6) is 0 Å². The number of amides is 4. The number of piperidine rings is 1. The molecule has 26 heavy (non-hydrogen) atoms. The molecular formula is C19H22N4O3. The summed E-state index contributed by atoms with van der Waals surface area (Å²) in [4.78, 5) is 40.7. The van der Waals surface area contributed by atoms with Crippen molar-refractivity contribution in [3.05, 3.63) is 35.4 Å².